The first-order valence-corrected chi connectivity index (χ1v) is 5.81. The molecule has 5 nitrogen and oxygen atoms in total. The van der Waals surface area contributed by atoms with Crippen molar-refractivity contribution in [3.05, 3.63) is 36.3 Å². The highest BCUT2D eigenvalue weighted by atomic mass is 15.3. The van der Waals surface area contributed by atoms with E-state index < -0.39 is 0 Å². The predicted octanol–water partition coefficient (Wildman–Crippen LogP) is 1.73. The lowest BCUT2D eigenvalue weighted by Crippen LogP contribution is -2.22. The summed E-state index contributed by atoms with van der Waals surface area (Å²) in [6, 6.07) is 4.52. The zero-order valence-corrected chi connectivity index (χ0v) is 9.50. The first kappa shape index (κ1) is 10.1. The Morgan fingerprint density at radius 3 is 2.88 bits per heavy atom. The SMILES string of the molecule is Nc1[nH]ncc1N1CCCC1c1ccncc1. The van der Waals surface area contributed by atoms with Gasteiger partial charge in [0.1, 0.15) is 5.82 Å². The maximum Gasteiger partial charge on any atom is 0.142 e. The van der Waals surface area contributed by atoms with Gasteiger partial charge in [0.05, 0.1) is 17.9 Å². The lowest BCUT2D eigenvalue weighted by Gasteiger charge is -2.25. The molecule has 88 valence electrons. The quantitative estimate of drug-likeness (QED) is 0.822. The molecule has 17 heavy (non-hydrogen) atoms. The number of nitrogens with zero attached hydrogens (tertiary/aromatic N) is 3. The maximum absolute atomic E-state index is 5.89. The van der Waals surface area contributed by atoms with Crippen molar-refractivity contribution in [1.82, 2.24) is 15.2 Å². The normalized spacial score (nSPS) is 19.8. The molecule has 3 N–H and O–H groups in total. The number of hydrogen-bond donors (Lipinski definition) is 2. The van der Waals surface area contributed by atoms with Crippen LogP contribution in [0.3, 0.4) is 0 Å². The molecule has 1 atom stereocenters. The molecule has 0 aliphatic carbocycles. The van der Waals surface area contributed by atoms with Gasteiger partial charge in [-0.1, -0.05) is 0 Å². The summed E-state index contributed by atoms with van der Waals surface area (Å²) in [6.45, 7) is 1.02. The highest BCUT2D eigenvalue weighted by Gasteiger charge is 2.27. The van der Waals surface area contributed by atoms with Gasteiger partial charge >= 0.3 is 0 Å². The van der Waals surface area contributed by atoms with Crippen LogP contribution in [0.1, 0.15) is 24.4 Å². The lowest BCUT2D eigenvalue weighted by molar-refractivity contribution is 0.718. The first-order valence-electron chi connectivity index (χ1n) is 5.81. The average molecular weight is 229 g/mol. The fourth-order valence-electron chi connectivity index (χ4n) is 2.51. The van der Waals surface area contributed by atoms with Gasteiger partial charge in [-0.15, -0.1) is 0 Å². The molecule has 0 bridgehead atoms. The molecule has 0 aromatic carbocycles. The van der Waals surface area contributed by atoms with Crippen molar-refractivity contribution in [2.24, 2.45) is 0 Å². The van der Waals surface area contributed by atoms with Crippen LogP contribution in [0, 0.1) is 0 Å². The number of aromatic nitrogens is 3. The van der Waals surface area contributed by atoms with E-state index in [-0.39, 0.29) is 0 Å². The maximum atomic E-state index is 5.89. The second-order valence-electron chi connectivity index (χ2n) is 4.30. The Balaban J connectivity index is 1.93. The Morgan fingerprint density at radius 2 is 2.18 bits per heavy atom. The Bertz CT molecular complexity index is 493. The van der Waals surface area contributed by atoms with E-state index >= 15 is 0 Å². The standard InChI is InChI=1S/C12H15N5/c13-12-11(8-15-16-12)17-7-1-2-10(17)9-3-5-14-6-4-9/h3-6,8,10H,1-2,7H2,(H3,13,15,16). The third-order valence-electron chi connectivity index (χ3n) is 3.30. The summed E-state index contributed by atoms with van der Waals surface area (Å²) in [5, 5.41) is 6.78. The Kier molecular flexibility index (Phi) is 2.44. The predicted molar refractivity (Wildman–Crippen MR) is 66.6 cm³/mol. The van der Waals surface area contributed by atoms with Gasteiger partial charge in [0.25, 0.3) is 0 Å². The smallest absolute Gasteiger partial charge is 0.142 e. The Labute approximate surface area is 99.7 Å². The van der Waals surface area contributed by atoms with E-state index in [0.717, 1.165) is 18.7 Å². The van der Waals surface area contributed by atoms with E-state index in [1.54, 1.807) is 6.20 Å². The van der Waals surface area contributed by atoms with Crippen LogP contribution in [-0.2, 0) is 0 Å². The van der Waals surface area contributed by atoms with Crippen molar-refractivity contribution in [3.8, 4) is 0 Å². The molecule has 1 saturated heterocycles. The monoisotopic (exact) mass is 229 g/mol. The number of aromatic amines is 1. The number of pyridine rings is 1. The number of hydrogen-bond acceptors (Lipinski definition) is 4. The summed E-state index contributed by atoms with van der Waals surface area (Å²) in [4.78, 5) is 6.37. The molecule has 0 spiro atoms. The molecular formula is C12H15N5. The van der Waals surface area contributed by atoms with E-state index in [4.69, 9.17) is 5.73 Å². The van der Waals surface area contributed by atoms with Crippen molar-refractivity contribution >= 4 is 11.5 Å². The minimum Gasteiger partial charge on any atom is -0.382 e. The van der Waals surface area contributed by atoms with Crippen LogP contribution in [0.15, 0.2) is 30.7 Å². The van der Waals surface area contributed by atoms with Crippen molar-refractivity contribution in [2.45, 2.75) is 18.9 Å². The van der Waals surface area contributed by atoms with Crippen LogP contribution in [-0.4, -0.2) is 21.7 Å². The van der Waals surface area contributed by atoms with Crippen LogP contribution in [0.25, 0.3) is 0 Å². The lowest BCUT2D eigenvalue weighted by atomic mass is 10.1. The van der Waals surface area contributed by atoms with Crippen molar-refractivity contribution < 1.29 is 0 Å². The molecule has 0 amide bonds. The topological polar surface area (TPSA) is 70.8 Å². The molecule has 3 heterocycles. The second kappa shape index (κ2) is 4.08. The number of anilines is 2. The van der Waals surface area contributed by atoms with Gasteiger partial charge in [-0.25, -0.2) is 0 Å². The summed E-state index contributed by atoms with van der Waals surface area (Å²) >= 11 is 0. The third kappa shape index (κ3) is 1.73. The number of rotatable bonds is 2. The summed E-state index contributed by atoms with van der Waals surface area (Å²) in [7, 11) is 0. The van der Waals surface area contributed by atoms with Crippen LogP contribution in [0.5, 0.6) is 0 Å². The van der Waals surface area contributed by atoms with Crippen molar-refractivity contribution in [2.75, 3.05) is 17.2 Å². The van der Waals surface area contributed by atoms with Crippen molar-refractivity contribution in [3.63, 3.8) is 0 Å². The Morgan fingerprint density at radius 1 is 1.35 bits per heavy atom. The average Bonchev–Trinajstić information content (AvgIpc) is 2.98. The van der Waals surface area contributed by atoms with Gasteiger partial charge < -0.3 is 10.6 Å². The van der Waals surface area contributed by atoms with Crippen LogP contribution < -0.4 is 10.6 Å². The molecular weight excluding hydrogens is 214 g/mol. The van der Waals surface area contributed by atoms with E-state index in [0.29, 0.717) is 11.9 Å². The summed E-state index contributed by atoms with van der Waals surface area (Å²) in [5.41, 5.74) is 8.18. The Hall–Kier alpha value is -2.04. The summed E-state index contributed by atoms with van der Waals surface area (Å²) < 4.78 is 0. The van der Waals surface area contributed by atoms with E-state index in [1.165, 1.54) is 12.0 Å². The zero-order valence-electron chi connectivity index (χ0n) is 9.50. The molecule has 5 heteroatoms. The fourth-order valence-corrected chi connectivity index (χ4v) is 2.51. The molecule has 1 aliphatic rings. The van der Waals surface area contributed by atoms with E-state index in [2.05, 4.69) is 32.2 Å². The summed E-state index contributed by atoms with van der Waals surface area (Å²) in [6.07, 6.45) is 7.80. The number of nitrogens with one attached hydrogen (secondary N) is 1. The highest BCUT2D eigenvalue weighted by molar-refractivity contribution is 5.63. The van der Waals surface area contributed by atoms with Crippen LogP contribution >= 0.6 is 0 Å². The van der Waals surface area contributed by atoms with Gasteiger partial charge in [-0.2, -0.15) is 5.10 Å². The van der Waals surface area contributed by atoms with Crippen LogP contribution in [0.2, 0.25) is 0 Å². The minimum atomic E-state index is 0.387. The molecule has 0 saturated carbocycles. The molecule has 2 aromatic heterocycles. The molecule has 1 fully saturated rings. The van der Waals surface area contributed by atoms with Gasteiger partial charge in [0.15, 0.2) is 0 Å². The molecule has 1 unspecified atom stereocenters. The largest absolute Gasteiger partial charge is 0.382 e. The zero-order chi connectivity index (χ0) is 11.7. The minimum absolute atomic E-state index is 0.387. The van der Waals surface area contributed by atoms with Crippen LogP contribution in [0.4, 0.5) is 11.5 Å². The van der Waals surface area contributed by atoms with Crippen molar-refractivity contribution in [1.29, 1.82) is 0 Å². The number of nitrogens with two attached hydrogens (primary N) is 1. The third-order valence-corrected chi connectivity index (χ3v) is 3.30. The van der Waals surface area contributed by atoms with E-state index in [1.807, 2.05) is 12.4 Å². The number of H-pyrrole nitrogens is 1. The second-order valence-corrected chi connectivity index (χ2v) is 4.30. The van der Waals surface area contributed by atoms with Gasteiger partial charge in [0, 0.05) is 18.9 Å². The van der Waals surface area contributed by atoms with Gasteiger partial charge in [0.2, 0.25) is 0 Å². The molecule has 2 aromatic rings. The summed E-state index contributed by atoms with van der Waals surface area (Å²) in [5.74, 6) is 0.644. The molecule has 0 radical (unpaired) electrons. The van der Waals surface area contributed by atoms with Gasteiger partial charge in [-0.05, 0) is 30.5 Å². The number of nitrogen functional groups attached to an aromatic ring is 1. The highest BCUT2D eigenvalue weighted by Crippen LogP contribution is 2.37. The van der Waals surface area contributed by atoms with Gasteiger partial charge in [-0.3, -0.25) is 10.1 Å². The fraction of sp³-hybridized carbons (Fsp3) is 0.333. The molecule has 1 aliphatic heterocycles. The molecule has 3 rings (SSSR count). The first-order chi connectivity index (χ1) is 8.36. The van der Waals surface area contributed by atoms with E-state index in [9.17, 15) is 0 Å².